The number of benzene rings is 1. The summed E-state index contributed by atoms with van der Waals surface area (Å²) < 4.78 is 5.82. The summed E-state index contributed by atoms with van der Waals surface area (Å²) in [5, 5.41) is 2.99. The van der Waals surface area contributed by atoms with Crippen molar-refractivity contribution in [1.29, 1.82) is 0 Å². The Bertz CT molecular complexity index is 724. The lowest BCUT2D eigenvalue weighted by Crippen LogP contribution is -2.38. The normalized spacial score (nSPS) is 15.0. The summed E-state index contributed by atoms with van der Waals surface area (Å²) in [6.45, 7) is 7.36. The van der Waals surface area contributed by atoms with E-state index >= 15 is 0 Å². The predicted molar refractivity (Wildman–Crippen MR) is 101 cm³/mol. The van der Waals surface area contributed by atoms with Gasteiger partial charge in [0.2, 0.25) is 5.91 Å². The van der Waals surface area contributed by atoms with E-state index in [9.17, 15) is 4.79 Å². The molecule has 1 aromatic carbocycles. The minimum Gasteiger partial charge on any atom is -0.486 e. The second-order valence-electron chi connectivity index (χ2n) is 6.84. The Labute approximate surface area is 153 Å². The van der Waals surface area contributed by atoms with Crippen LogP contribution in [0.15, 0.2) is 29.6 Å². The highest BCUT2D eigenvalue weighted by Gasteiger charge is 2.35. The molecule has 0 N–H and O–H groups in total. The number of carbonyl (C=O) groups excluding carboxylic acids is 1. The van der Waals surface area contributed by atoms with E-state index in [2.05, 4.69) is 31.8 Å². The van der Waals surface area contributed by atoms with Crippen LogP contribution in [-0.4, -0.2) is 21.8 Å². The molecule has 1 aromatic heterocycles. The van der Waals surface area contributed by atoms with E-state index in [0.717, 1.165) is 35.7 Å². The van der Waals surface area contributed by atoms with E-state index in [1.807, 2.05) is 28.5 Å². The molecule has 2 aromatic rings. The van der Waals surface area contributed by atoms with Crippen molar-refractivity contribution in [2.24, 2.45) is 5.92 Å². The van der Waals surface area contributed by atoms with Crippen molar-refractivity contribution < 1.29 is 9.53 Å². The van der Waals surface area contributed by atoms with Gasteiger partial charge in [0.25, 0.3) is 0 Å². The Kier molecular flexibility index (Phi) is 5.74. The number of rotatable bonds is 8. The molecule has 1 heterocycles. The molecule has 25 heavy (non-hydrogen) atoms. The number of hydrogen-bond acceptors (Lipinski definition) is 4. The molecule has 1 aliphatic rings. The van der Waals surface area contributed by atoms with Crippen molar-refractivity contribution in [1.82, 2.24) is 9.88 Å². The van der Waals surface area contributed by atoms with Crippen LogP contribution in [0.5, 0.6) is 5.75 Å². The second-order valence-corrected chi connectivity index (χ2v) is 7.78. The molecule has 1 amide bonds. The molecule has 1 unspecified atom stereocenters. The first-order chi connectivity index (χ1) is 12.1. The number of aromatic nitrogens is 1. The third kappa shape index (κ3) is 4.82. The minimum absolute atomic E-state index is 0.247. The summed E-state index contributed by atoms with van der Waals surface area (Å²) in [5.74, 6) is 1.40. The first kappa shape index (κ1) is 17.9. The Morgan fingerprint density at radius 3 is 2.92 bits per heavy atom. The number of amides is 1. The van der Waals surface area contributed by atoms with Gasteiger partial charge in [-0.15, -0.1) is 11.3 Å². The molecule has 4 nitrogen and oxygen atoms in total. The monoisotopic (exact) mass is 358 g/mol. The molecule has 5 heteroatoms. The highest BCUT2D eigenvalue weighted by atomic mass is 32.1. The smallest absolute Gasteiger partial charge is 0.226 e. The third-order valence-corrected chi connectivity index (χ3v) is 5.49. The Morgan fingerprint density at radius 2 is 2.24 bits per heavy atom. The summed E-state index contributed by atoms with van der Waals surface area (Å²) in [6.07, 6.45) is 3.04. The lowest BCUT2D eigenvalue weighted by atomic mass is 10.2. The molecular formula is C20H26N2O2S. The van der Waals surface area contributed by atoms with Crippen LogP contribution in [0.3, 0.4) is 0 Å². The lowest BCUT2D eigenvalue weighted by Gasteiger charge is -2.28. The van der Waals surface area contributed by atoms with E-state index in [4.69, 9.17) is 4.74 Å². The van der Waals surface area contributed by atoms with E-state index < -0.39 is 0 Å². The molecule has 0 aliphatic heterocycles. The van der Waals surface area contributed by atoms with Crippen LogP contribution in [0.25, 0.3) is 0 Å². The van der Waals surface area contributed by atoms with E-state index in [-0.39, 0.29) is 12.0 Å². The maximum absolute atomic E-state index is 12.5. The standard InChI is InChI=1S/C20H26N2O2S/c1-4-15(3)22(20(23)16-8-9-16)11-17-13-25-19(21-17)12-24-18-7-5-6-14(2)10-18/h5-7,10,13,15-16H,4,8-9,11-12H2,1-3H3. The van der Waals surface area contributed by atoms with Crippen LogP contribution in [-0.2, 0) is 17.9 Å². The lowest BCUT2D eigenvalue weighted by molar-refractivity contribution is -0.135. The van der Waals surface area contributed by atoms with Crippen LogP contribution in [0.1, 0.15) is 49.4 Å². The predicted octanol–water partition coefficient (Wildman–Crippen LogP) is 4.57. The number of carbonyl (C=O) groups is 1. The highest BCUT2D eigenvalue weighted by Crippen LogP contribution is 2.32. The number of aryl methyl sites for hydroxylation is 1. The molecule has 0 bridgehead atoms. The van der Waals surface area contributed by atoms with Gasteiger partial charge in [-0.05, 0) is 50.8 Å². The molecule has 134 valence electrons. The molecule has 0 spiro atoms. The van der Waals surface area contributed by atoms with E-state index in [1.165, 1.54) is 5.56 Å². The average molecular weight is 359 g/mol. The fraction of sp³-hybridized carbons (Fsp3) is 0.500. The van der Waals surface area contributed by atoms with E-state index in [0.29, 0.717) is 19.1 Å². The molecule has 1 fully saturated rings. The van der Waals surface area contributed by atoms with Gasteiger partial charge in [-0.25, -0.2) is 4.98 Å². The quantitative estimate of drug-likeness (QED) is 0.694. The van der Waals surface area contributed by atoms with Gasteiger partial charge in [0.1, 0.15) is 17.4 Å². The first-order valence-corrected chi connectivity index (χ1v) is 9.88. The topological polar surface area (TPSA) is 42.4 Å². The summed E-state index contributed by atoms with van der Waals surface area (Å²) in [5.41, 5.74) is 2.14. The molecule has 1 saturated carbocycles. The third-order valence-electron chi connectivity index (χ3n) is 4.62. The van der Waals surface area contributed by atoms with Gasteiger partial charge in [-0.1, -0.05) is 19.1 Å². The summed E-state index contributed by atoms with van der Waals surface area (Å²) in [7, 11) is 0. The van der Waals surface area contributed by atoms with Crippen molar-refractivity contribution in [3.63, 3.8) is 0 Å². The highest BCUT2D eigenvalue weighted by molar-refractivity contribution is 7.09. The zero-order valence-corrected chi connectivity index (χ0v) is 16.0. The molecule has 1 aliphatic carbocycles. The number of hydrogen-bond donors (Lipinski definition) is 0. The van der Waals surface area contributed by atoms with Crippen LogP contribution in [0, 0.1) is 12.8 Å². The Hall–Kier alpha value is -1.88. The summed E-state index contributed by atoms with van der Waals surface area (Å²) >= 11 is 1.60. The zero-order valence-electron chi connectivity index (χ0n) is 15.2. The van der Waals surface area contributed by atoms with Gasteiger partial charge in [-0.3, -0.25) is 4.79 Å². The summed E-state index contributed by atoms with van der Waals surface area (Å²) in [4.78, 5) is 19.2. The molecule has 1 atom stereocenters. The van der Waals surface area contributed by atoms with Crippen LogP contribution in [0.4, 0.5) is 0 Å². The molecular weight excluding hydrogens is 332 g/mol. The van der Waals surface area contributed by atoms with Gasteiger partial charge < -0.3 is 9.64 Å². The number of thiazole rings is 1. The first-order valence-electron chi connectivity index (χ1n) is 9.00. The summed E-state index contributed by atoms with van der Waals surface area (Å²) in [6, 6.07) is 8.27. The van der Waals surface area contributed by atoms with Gasteiger partial charge in [0, 0.05) is 17.3 Å². The zero-order chi connectivity index (χ0) is 17.8. The van der Waals surface area contributed by atoms with Crippen LogP contribution >= 0.6 is 11.3 Å². The Morgan fingerprint density at radius 1 is 1.44 bits per heavy atom. The van der Waals surface area contributed by atoms with Crippen molar-refractivity contribution in [2.45, 2.75) is 59.2 Å². The SMILES string of the molecule is CCC(C)N(Cc1csc(COc2cccc(C)c2)n1)C(=O)C1CC1. The van der Waals surface area contributed by atoms with Crippen molar-refractivity contribution >= 4 is 17.2 Å². The maximum atomic E-state index is 12.5. The van der Waals surface area contributed by atoms with Gasteiger partial charge in [0.15, 0.2) is 0 Å². The van der Waals surface area contributed by atoms with Gasteiger partial charge >= 0.3 is 0 Å². The average Bonchev–Trinajstić information content (AvgIpc) is 3.37. The Balaban J connectivity index is 1.60. The maximum Gasteiger partial charge on any atom is 0.226 e. The van der Waals surface area contributed by atoms with Crippen molar-refractivity contribution in [2.75, 3.05) is 0 Å². The fourth-order valence-corrected chi connectivity index (χ4v) is 3.44. The molecule has 0 radical (unpaired) electrons. The minimum atomic E-state index is 0.247. The molecule has 0 saturated heterocycles. The molecule has 3 rings (SSSR count). The van der Waals surface area contributed by atoms with Gasteiger partial charge in [0.05, 0.1) is 12.2 Å². The van der Waals surface area contributed by atoms with Crippen molar-refractivity contribution in [3.8, 4) is 5.75 Å². The van der Waals surface area contributed by atoms with Crippen LogP contribution in [0.2, 0.25) is 0 Å². The number of nitrogens with zero attached hydrogens (tertiary/aromatic N) is 2. The largest absolute Gasteiger partial charge is 0.486 e. The van der Waals surface area contributed by atoms with Crippen molar-refractivity contribution in [3.05, 3.63) is 45.9 Å². The number of ether oxygens (including phenoxy) is 1. The van der Waals surface area contributed by atoms with Gasteiger partial charge in [-0.2, -0.15) is 0 Å². The van der Waals surface area contributed by atoms with E-state index in [1.54, 1.807) is 11.3 Å². The fourth-order valence-electron chi connectivity index (χ4n) is 2.75. The second kappa shape index (κ2) is 8.00. The van der Waals surface area contributed by atoms with Crippen LogP contribution < -0.4 is 4.74 Å².